The van der Waals surface area contributed by atoms with Crippen LogP contribution in [0.2, 0.25) is 0 Å². The summed E-state index contributed by atoms with van der Waals surface area (Å²) in [6, 6.07) is 26.3. The van der Waals surface area contributed by atoms with E-state index in [-0.39, 0.29) is 5.91 Å². The van der Waals surface area contributed by atoms with Crippen LogP contribution in [0.25, 0.3) is 28.1 Å². The molecule has 158 valence electrons. The van der Waals surface area contributed by atoms with Crippen LogP contribution in [0.5, 0.6) is 5.75 Å². The van der Waals surface area contributed by atoms with Crippen LogP contribution < -0.4 is 10.2 Å². The van der Waals surface area contributed by atoms with Gasteiger partial charge in [0.2, 0.25) is 5.91 Å². The zero-order valence-corrected chi connectivity index (χ0v) is 17.2. The summed E-state index contributed by atoms with van der Waals surface area (Å²) in [5.41, 5.74) is 5.65. The molecule has 4 rings (SSSR count). The molecule has 0 radical (unpaired) electrons. The van der Waals surface area contributed by atoms with E-state index in [0.29, 0.717) is 13.0 Å². The summed E-state index contributed by atoms with van der Waals surface area (Å²) < 4.78 is 8.12. The Labute approximate surface area is 181 Å². The van der Waals surface area contributed by atoms with Crippen molar-refractivity contribution in [1.29, 1.82) is 0 Å². The van der Waals surface area contributed by atoms with Gasteiger partial charge in [-0.05, 0) is 43.5 Å². The number of imidazole rings is 1. The number of nitrogens with zero attached hydrogens (tertiary/aromatic N) is 2. The van der Waals surface area contributed by atoms with E-state index in [2.05, 4.69) is 28.8 Å². The Morgan fingerprint density at radius 3 is 2.42 bits per heavy atom. The molecule has 3 aromatic carbocycles. The third kappa shape index (κ3) is 4.92. The number of amides is 1. The van der Waals surface area contributed by atoms with Gasteiger partial charge in [0.25, 0.3) is 0 Å². The van der Waals surface area contributed by atoms with Gasteiger partial charge in [-0.15, -0.1) is 0 Å². The first-order valence-corrected chi connectivity index (χ1v) is 10.5. The summed E-state index contributed by atoms with van der Waals surface area (Å²) >= 11 is 0. The highest BCUT2D eigenvalue weighted by atomic mass is 16.5. The molecule has 1 aromatic heterocycles. The maximum atomic E-state index is 11.0. The number of hydrogen-bond acceptors (Lipinski definition) is 4. The first-order valence-electron chi connectivity index (χ1n) is 10.5. The third-order valence-corrected chi connectivity index (χ3v) is 5.11. The van der Waals surface area contributed by atoms with Crippen LogP contribution >= 0.6 is 0 Å². The van der Waals surface area contributed by atoms with Crippen LogP contribution in [0.1, 0.15) is 25.7 Å². The van der Waals surface area contributed by atoms with Crippen LogP contribution in [0, 0.1) is 0 Å². The summed E-state index contributed by atoms with van der Waals surface area (Å²) in [5.74, 6) is 1.33. The molecule has 4 aromatic rings. The van der Waals surface area contributed by atoms with Crippen LogP contribution in [-0.4, -0.2) is 27.3 Å². The zero-order chi connectivity index (χ0) is 21.5. The SMILES string of the molecule is O=C(CCCCCOc1ccc2nc(-c3ccccc3)n(-c3ccccc3)c2c1)NO. The fourth-order valence-corrected chi connectivity index (χ4v) is 3.57. The number of carbonyl (C=O) groups is 1. The van der Waals surface area contributed by atoms with Crippen LogP contribution in [-0.2, 0) is 4.79 Å². The monoisotopic (exact) mass is 415 g/mol. The molecule has 0 bridgehead atoms. The minimum atomic E-state index is -0.352. The highest BCUT2D eigenvalue weighted by Gasteiger charge is 2.15. The number of benzene rings is 3. The van der Waals surface area contributed by atoms with Gasteiger partial charge in [-0.25, -0.2) is 10.5 Å². The Kier molecular flexibility index (Phi) is 6.59. The van der Waals surface area contributed by atoms with Gasteiger partial charge in [0, 0.05) is 23.7 Å². The molecule has 0 fully saturated rings. The fourth-order valence-electron chi connectivity index (χ4n) is 3.57. The van der Waals surface area contributed by atoms with Crippen molar-refractivity contribution >= 4 is 16.9 Å². The van der Waals surface area contributed by atoms with Crippen molar-refractivity contribution in [2.75, 3.05) is 6.61 Å². The summed E-state index contributed by atoms with van der Waals surface area (Å²) in [6.45, 7) is 0.567. The lowest BCUT2D eigenvalue weighted by atomic mass is 10.2. The summed E-state index contributed by atoms with van der Waals surface area (Å²) in [6.07, 6.45) is 2.73. The maximum Gasteiger partial charge on any atom is 0.243 e. The maximum absolute atomic E-state index is 11.0. The summed E-state index contributed by atoms with van der Waals surface area (Å²) in [4.78, 5) is 15.9. The second-order valence-electron chi connectivity index (χ2n) is 7.32. The number of unbranched alkanes of at least 4 members (excludes halogenated alkanes) is 2. The van der Waals surface area contributed by atoms with E-state index in [9.17, 15) is 4.79 Å². The average Bonchev–Trinajstić information content (AvgIpc) is 3.21. The number of nitrogens with one attached hydrogen (secondary N) is 1. The van der Waals surface area contributed by atoms with Gasteiger partial charge in [-0.3, -0.25) is 14.6 Å². The predicted molar refractivity (Wildman–Crippen MR) is 120 cm³/mol. The summed E-state index contributed by atoms with van der Waals surface area (Å²) in [7, 11) is 0. The topological polar surface area (TPSA) is 76.4 Å². The quantitative estimate of drug-likeness (QED) is 0.226. The fraction of sp³-hybridized carbons (Fsp3) is 0.200. The number of hydrogen-bond donors (Lipinski definition) is 2. The van der Waals surface area contributed by atoms with Gasteiger partial charge in [-0.2, -0.15) is 0 Å². The Morgan fingerprint density at radius 1 is 0.935 bits per heavy atom. The van der Waals surface area contributed by atoms with Crippen molar-refractivity contribution in [3.05, 3.63) is 78.9 Å². The van der Waals surface area contributed by atoms with Crippen LogP contribution in [0.15, 0.2) is 78.9 Å². The van der Waals surface area contributed by atoms with E-state index < -0.39 is 0 Å². The molecule has 6 heteroatoms. The van der Waals surface area contributed by atoms with Gasteiger partial charge in [-0.1, -0.05) is 48.5 Å². The van der Waals surface area contributed by atoms with Gasteiger partial charge in [0.1, 0.15) is 11.6 Å². The van der Waals surface area contributed by atoms with Gasteiger partial charge in [0.05, 0.1) is 17.6 Å². The van der Waals surface area contributed by atoms with Gasteiger partial charge >= 0.3 is 0 Å². The molecule has 0 aliphatic rings. The largest absolute Gasteiger partial charge is 0.494 e. The third-order valence-electron chi connectivity index (χ3n) is 5.11. The first kappa shape index (κ1) is 20.6. The molecule has 2 N–H and O–H groups in total. The number of hydroxylamine groups is 1. The highest BCUT2D eigenvalue weighted by Crippen LogP contribution is 2.30. The molecule has 31 heavy (non-hydrogen) atoms. The molecular weight excluding hydrogens is 390 g/mol. The van der Waals surface area contributed by atoms with Crippen LogP contribution in [0.3, 0.4) is 0 Å². The van der Waals surface area contributed by atoms with Crippen molar-refractivity contribution in [1.82, 2.24) is 15.0 Å². The molecule has 0 aliphatic carbocycles. The lowest BCUT2D eigenvalue weighted by Crippen LogP contribution is -2.17. The number of ether oxygens (including phenoxy) is 1. The van der Waals surface area contributed by atoms with Crippen molar-refractivity contribution in [3.63, 3.8) is 0 Å². The molecule has 6 nitrogen and oxygen atoms in total. The van der Waals surface area contributed by atoms with Crippen molar-refractivity contribution in [2.45, 2.75) is 25.7 Å². The minimum absolute atomic E-state index is 0.320. The first-order chi connectivity index (χ1) is 15.3. The number of para-hydroxylation sites is 1. The Morgan fingerprint density at radius 2 is 1.68 bits per heavy atom. The van der Waals surface area contributed by atoms with Gasteiger partial charge < -0.3 is 4.74 Å². The molecule has 0 spiro atoms. The van der Waals surface area contributed by atoms with Crippen molar-refractivity contribution < 1.29 is 14.7 Å². The summed E-state index contributed by atoms with van der Waals surface area (Å²) in [5, 5.41) is 8.52. The molecule has 1 heterocycles. The lowest BCUT2D eigenvalue weighted by Gasteiger charge is -2.10. The second kappa shape index (κ2) is 9.91. The second-order valence-corrected chi connectivity index (χ2v) is 7.32. The number of rotatable bonds is 9. The zero-order valence-electron chi connectivity index (χ0n) is 17.2. The molecule has 0 unspecified atom stereocenters. The molecule has 0 saturated heterocycles. The van der Waals surface area contributed by atoms with Crippen LogP contribution in [0.4, 0.5) is 0 Å². The average molecular weight is 415 g/mol. The molecule has 0 atom stereocenters. The Bertz CT molecular complexity index is 1140. The molecule has 0 saturated carbocycles. The number of carbonyl (C=O) groups excluding carboxylic acids is 1. The van der Waals surface area contributed by atoms with E-state index >= 15 is 0 Å². The minimum Gasteiger partial charge on any atom is -0.494 e. The standard InChI is InChI=1S/C25H25N3O3/c29-24(27-30)14-8-3-9-17-31-21-15-16-22-23(18-21)28(20-12-6-2-7-13-20)25(26-22)19-10-4-1-5-11-19/h1-2,4-7,10-13,15-16,18,30H,3,8-9,14,17H2,(H,27,29). The number of fused-ring (bicyclic) bond motifs is 1. The van der Waals surface area contributed by atoms with E-state index in [0.717, 1.165) is 53.1 Å². The lowest BCUT2D eigenvalue weighted by molar-refractivity contribution is -0.129. The number of aromatic nitrogens is 2. The van der Waals surface area contributed by atoms with E-state index in [1.807, 2.05) is 54.6 Å². The highest BCUT2D eigenvalue weighted by molar-refractivity contribution is 5.84. The van der Waals surface area contributed by atoms with Gasteiger partial charge in [0.15, 0.2) is 0 Å². The van der Waals surface area contributed by atoms with E-state index in [1.165, 1.54) is 0 Å². The predicted octanol–water partition coefficient (Wildman–Crippen LogP) is 5.14. The molecular formula is C25H25N3O3. The Hall–Kier alpha value is -3.64. The Balaban J connectivity index is 1.56. The molecule has 0 aliphatic heterocycles. The van der Waals surface area contributed by atoms with E-state index in [4.69, 9.17) is 14.9 Å². The van der Waals surface area contributed by atoms with Crippen molar-refractivity contribution in [2.24, 2.45) is 0 Å². The van der Waals surface area contributed by atoms with E-state index in [1.54, 1.807) is 5.48 Å². The van der Waals surface area contributed by atoms with Crippen molar-refractivity contribution in [3.8, 4) is 22.8 Å². The normalized spacial score (nSPS) is 10.9. The molecule has 1 amide bonds. The smallest absolute Gasteiger partial charge is 0.243 e.